The van der Waals surface area contributed by atoms with Gasteiger partial charge in [0, 0.05) is 24.5 Å². The van der Waals surface area contributed by atoms with Crippen LogP contribution in [0.3, 0.4) is 0 Å². The molecule has 1 aliphatic rings. The summed E-state index contributed by atoms with van der Waals surface area (Å²) in [6.07, 6.45) is 3.77. The standard InChI is InChI=1S/C22H25N3O4/c1-24(2)12-5-13-25-19(16-6-4-7-17(14-16)29-3)18(21(27)22(25)28)20(26)15-8-10-23-11-9-15/h4,6-11,14,19,26H,5,12-13H2,1-3H3/b20-18-/t19-/m0/s1. The number of amides is 1. The number of aromatic nitrogens is 1. The van der Waals surface area contributed by atoms with E-state index in [2.05, 4.69) is 4.98 Å². The number of hydrogen-bond donors (Lipinski definition) is 1. The molecule has 1 fully saturated rings. The minimum Gasteiger partial charge on any atom is -0.507 e. The molecule has 7 heteroatoms. The van der Waals surface area contributed by atoms with Gasteiger partial charge < -0.3 is 19.6 Å². The first-order valence-electron chi connectivity index (χ1n) is 9.41. The predicted octanol–water partition coefficient (Wildman–Crippen LogP) is 2.46. The molecule has 29 heavy (non-hydrogen) atoms. The number of carbonyl (C=O) groups is 2. The third-order valence-electron chi connectivity index (χ3n) is 4.91. The van der Waals surface area contributed by atoms with Crippen LogP contribution in [0.15, 0.2) is 54.4 Å². The Labute approximate surface area is 170 Å². The summed E-state index contributed by atoms with van der Waals surface area (Å²) in [5.41, 5.74) is 1.24. The van der Waals surface area contributed by atoms with E-state index >= 15 is 0 Å². The van der Waals surface area contributed by atoms with E-state index in [1.807, 2.05) is 25.1 Å². The van der Waals surface area contributed by atoms with E-state index in [9.17, 15) is 14.7 Å². The van der Waals surface area contributed by atoms with Gasteiger partial charge in [0.05, 0.1) is 18.7 Å². The highest BCUT2D eigenvalue weighted by atomic mass is 16.5. The molecule has 1 aliphatic heterocycles. The van der Waals surface area contributed by atoms with E-state index in [-0.39, 0.29) is 11.3 Å². The first-order valence-corrected chi connectivity index (χ1v) is 9.41. The summed E-state index contributed by atoms with van der Waals surface area (Å²) < 4.78 is 5.31. The second kappa shape index (κ2) is 8.87. The summed E-state index contributed by atoms with van der Waals surface area (Å²) in [7, 11) is 5.47. The number of rotatable bonds is 7. The smallest absolute Gasteiger partial charge is 0.295 e. The van der Waals surface area contributed by atoms with Crippen LogP contribution < -0.4 is 4.74 Å². The Balaban J connectivity index is 2.09. The average Bonchev–Trinajstić information content (AvgIpc) is 2.98. The van der Waals surface area contributed by atoms with Crippen LogP contribution >= 0.6 is 0 Å². The molecule has 2 aromatic rings. The van der Waals surface area contributed by atoms with Gasteiger partial charge in [-0.25, -0.2) is 0 Å². The van der Waals surface area contributed by atoms with Crippen molar-refractivity contribution in [3.05, 3.63) is 65.5 Å². The van der Waals surface area contributed by atoms with Crippen molar-refractivity contribution in [1.82, 2.24) is 14.8 Å². The molecule has 0 bridgehead atoms. The van der Waals surface area contributed by atoms with Crippen LogP contribution in [-0.4, -0.2) is 65.9 Å². The summed E-state index contributed by atoms with van der Waals surface area (Å²) in [4.78, 5) is 33.2. The maximum absolute atomic E-state index is 12.9. The largest absolute Gasteiger partial charge is 0.507 e. The summed E-state index contributed by atoms with van der Waals surface area (Å²) in [6, 6.07) is 9.76. The molecule has 1 aromatic carbocycles. The number of ketones is 1. The number of methoxy groups -OCH3 is 1. The van der Waals surface area contributed by atoms with Crippen LogP contribution in [0.5, 0.6) is 5.75 Å². The fourth-order valence-corrected chi connectivity index (χ4v) is 3.49. The van der Waals surface area contributed by atoms with Crippen molar-refractivity contribution >= 4 is 17.4 Å². The van der Waals surface area contributed by atoms with Gasteiger partial charge in [-0.1, -0.05) is 12.1 Å². The number of ether oxygens (including phenoxy) is 1. The van der Waals surface area contributed by atoms with Gasteiger partial charge in [0.2, 0.25) is 0 Å². The maximum atomic E-state index is 12.9. The van der Waals surface area contributed by atoms with Crippen molar-refractivity contribution in [2.75, 3.05) is 34.3 Å². The topological polar surface area (TPSA) is 83.0 Å². The van der Waals surface area contributed by atoms with Crippen LogP contribution in [-0.2, 0) is 9.59 Å². The Morgan fingerprint density at radius 1 is 1.21 bits per heavy atom. The second-order valence-corrected chi connectivity index (χ2v) is 7.16. The SMILES string of the molecule is COc1cccc([C@H]2/C(=C(/O)c3ccncc3)C(=O)C(=O)N2CCCN(C)C)c1. The average molecular weight is 395 g/mol. The zero-order valence-electron chi connectivity index (χ0n) is 16.8. The Kier molecular flexibility index (Phi) is 6.29. The van der Waals surface area contributed by atoms with Gasteiger partial charge in [0.1, 0.15) is 11.5 Å². The Hall–Kier alpha value is -3.19. The third-order valence-corrected chi connectivity index (χ3v) is 4.91. The molecular formula is C22H25N3O4. The minimum atomic E-state index is -0.683. The number of nitrogens with zero attached hydrogens (tertiary/aromatic N) is 3. The van der Waals surface area contributed by atoms with Crippen molar-refractivity contribution < 1.29 is 19.4 Å². The zero-order valence-corrected chi connectivity index (χ0v) is 16.8. The van der Waals surface area contributed by atoms with Crippen molar-refractivity contribution in [3.8, 4) is 5.75 Å². The van der Waals surface area contributed by atoms with E-state index in [0.717, 1.165) is 6.54 Å². The molecule has 0 spiro atoms. The van der Waals surface area contributed by atoms with Gasteiger partial charge in [-0.2, -0.15) is 0 Å². The van der Waals surface area contributed by atoms with E-state index in [1.165, 1.54) is 17.3 Å². The molecule has 3 rings (SSSR count). The lowest BCUT2D eigenvalue weighted by atomic mass is 9.95. The number of carbonyl (C=O) groups excluding carboxylic acids is 2. The molecule has 7 nitrogen and oxygen atoms in total. The van der Waals surface area contributed by atoms with E-state index in [1.54, 1.807) is 37.4 Å². The summed E-state index contributed by atoms with van der Waals surface area (Å²) in [6.45, 7) is 1.18. The number of pyridine rings is 1. The molecule has 1 amide bonds. The van der Waals surface area contributed by atoms with Crippen LogP contribution in [0.2, 0.25) is 0 Å². The van der Waals surface area contributed by atoms with Crippen molar-refractivity contribution in [1.29, 1.82) is 0 Å². The summed E-state index contributed by atoms with van der Waals surface area (Å²) in [5, 5.41) is 10.9. The lowest BCUT2D eigenvalue weighted by molar-refractivity contribution is -0.139. The molecular weight excluding hydrogens is 370 g/mol. The van der Waals surface area contributed by atoms with Crippen LogP contribution in [0, 0.1) is 0 Å². The zero-order chi connectivity index (χ0) is 21.0. The van der Waals surface area contributed by atoms with Gasteiger partial charge >= 0.3 is 0 Å². The van der Waals surface area contributed by atoms with Crippen molar-refractivity contribution in [2.45, 2.75) is 12.5 Å². The molecule has 152 valence electrons. The van der Waals surface area contributed by atoms with E-state index in [0.29, 0.717) is 29.8 Å². The number of Topliss-reactive ketones (excluding diaryl/α,β-unsaturated/α-hetero) is 1. The van der Waals surface area contributed by atoms with Gasteiger partial charge in [-0.3, -0.25) is 14.6 Å². The lowest BCUT2D eigenvalue weighted by Gasteiger charge is -2.26. The summed E-state index contributed by atoms with van der Waals surface area (Å²) >= 11 is 0. The highest BCUT2D eigenvalue weighted by molar-refractivity contribution is 6.46. The monoisotopic (exact) mass is 395 g/mol. The number of aliphatic hydroxyl groups is 1. The number of benzene rings is 1. The minimum absolute atomic E-state index is 0.0827. The van der Waals surface area contributed by atoms with Crippen molar-refractivity contribution in [3.63, 3.8) is 0 Å². The van der Waals surface area contributed by atoms with E-state index in [4.69, 9.17) is 4.74 Å². The summed E-state index contributed by atoms with van der Waals surface area (Å²) in [5.74, 6) is -0.872. The van der Waals surface area contributed by atoms with Gasteiger partial charge in [0.15, 0.2) is 0 Å². The number of aliphatic hydroxyl groups excluding tert-OH is 1. The lowest BCUT2D eigenvalue weighted by Crippen LogP contribution is -2.32. The van der Waals surface area contributed by atoms with Crippen molar-refractivity contribution in [2.24, 2.45) is 0 Å². The normalized spacial score (nSPS) is 18.5. The van der Waals surface area contributed by atoms with Gasteiger partial charge in [-0.05, 0) is 56.9 Å². The van der Waals surface area contributed by atoms with Crippen LogP contribution in [0.25, 0.3) is 5.76 Å². The van der Waals surface area contributed by atoms with Gasteiger partial charge in [0.25, 0.3) is 11.7 Å². The highest BCUT2D eigenvalue weighted by Gasteiger charge is 2.45. The molecule has 1 atom stereocenters. The highest BCUT2D eigenvalue weighted by Crippen LogP contribution is 2.40. The molecule has 1 N–H and O–H groups in total. The fraction of sp³-hybridized carbons (Fsp3) is 0.318. The number of likely N-dealkylation sites (tertiary alicyclic amines) is 1. The maximum Gasteiger partial charge on any atom is 0.295 e. The Morgan fingerprint density at radius 3 is 2.59 bits per heavy atom. The predicted molar refractivity (Wildman–Crippen MR) is 109 cm³/mol. The van der Waals surface area contributed by atoms with E-state index < -0.39 is 17.7 Å². The Bertz CT molecular complexity index is 925. The van der Waals surface area contributed by atoms with Crippen LogP contribution in [0.1, 0.15) is 23.6 Å². The first kappa shape index (κ1) is 20.5. The second-order valence-electron chi connectivity index (χ2n) is 7.16. The molecule has 0 unspecified atom stereocenters. The molecule has 2 heterocycles. The molecule has 0 aliphatic carbocycles. The Morgan fingerprint density at radius 2 is 1.93 bits per heavy atom. The van der Waals surface area contributed by atoms with Crippen LogP contribution in [0.4, 0.5) is 0 Å². The number of hydrogen-bond acceptors (Lipinski definition) is 6. The first-order chi connectivity index (χ1) is 13.9. The third kappa shape index (κ3) is 4.30. The molecule has 0 saturated carbocycles. The molecule has 1 aromatic heterocycles. The fourth-order valence-electron chi connectivity index (χ4n) is 3.49. The molecule has 0 radical (unpaired) electrons. The molecule has 1 saturated heterocycles. The quantitative estimate of drug-likeness (QED) is 0.441. The van der Waals surface area contributed by atoms with Gasteiger partial charge in [-0.15, -0.1) is 0 Å².